The Kier molecular flexibility index (Phi) is 4.68. The molecule has 0 fully saturated rings. The normalized spacial score (nSPS) is 19.0. The molecule has 22 heavy (non-hydrogen) atoms. The molecule has 0 saturated carbocycles. The number of fused-ring (bicyclic) bond motifs is 1. The summed E-state index contributed by atoms with van der Waals surface area (Å²) in [5.41, 5.74) is 2.02. The Morgan fingerprint density at radius 1 is 1.27 bits per heavy atom. The number of nitrogens with zero attached hydrogens (tertiary/aromatic N) is 1. The van der Waals surface area contributed by atoms with E-state index in [9.17, 15) is 4.79 Å². The molecule has 0 aromatic heterocycles. The third-order valence-electron chi connectivity index (χ3n) is 3.87. The summed E-state index contributed by atoms with van der Waals surface area (Å²) in [4.78, 5) is 16.3. The maximum Gasteiger partial charge on any atom is 0.224 e. The standard InChI is InChI=1S/C18H20N2O2/c21-17(9-5-4-8-14-6-2-1-3-7-14)20-16-13-19-12-15-10-11-22-18(15)16/h1-3,6-7,10-11,13,15H,4-5,8-9,12H2,(H,20,21). The number of allylic oxidation sites excluding steroid dienone is 1. The first-order chi connectivity index (χ1) is 10.8. The van der Waals surface area contributed by atoms with Crippen LogP contribution in [0.1, 0.15) is 24.8 Å². The molecule has 1 N–H and O–H groups in total. The molecule has 0 saturated heterocycles. The van der Waals surface area contributed by atoms with Crippen LogP contribution in [-0.2, 0) is 16.0 Å². The van der Waals surface area contributed by atoms with E-state index in [1.807, 2.05) is 24.3 Å². The lowest BCUT2D eigenvalue weighted by Crippen LogP contribution is -2.28. The van der Waals surface area contributed by atoms with E-state index < -0.39 is 0 Å². The first-order valence-electron chi connectivity index (χ1n) is 7.74. The minimum atomic E-state index is 0.0261. The molecule has 1 amide bonds. The number of carbonyl (C=O) groups excluding carboxylic acids is 1. The molecule has 3 rings (SSSR count). The van der Waals surface area contributed by atoms with Crippen molar-refractivity contribution >= 4 is 12.1 Å². The molecule has 1 atom stereocenters. The summed E-state index contributed by atoms with van der Waals surface area (Å²) in [7, 11) is 0. The van der Waals surface area contributed by atoms with E-state index in [-0.39, 0.29) is 11.8 Å². The molecule has 0 radical (unpaired) electrons. The third kappa shape index (κ3) is 3.64. The molecule has 0 spiro atoms. The second-order valence-electron chi connectivity index (χ2n) is 5.57. The maximum absolute atomic E-state index is 12.0. The zero-order chi connectivity index (χ0) is 15.2. The first-order valence-corrected chi connectivity index (χ1v) is 7.74. The second-order valence-corrected chi connectivity index (χ2v) is 5.57. The van der Waals surface area contributed by atoms with Crippen LogP contribution >= 0.6 is 0 Å². The van der Waals surface area contributed by atoms with Crippen molar-refractivity contribution in [1.29, 1.82) is 0 Å². The van der Waals surface area contributed by atoms with E-state index in [1.165, 1.54) is 5.56 Å². The molecule has 114 valence electrons. The van der Waals surface area contributed by atoms with Gasteiger partial charge in [-0.25, -0.2) is 0 Å². The number of rotatable bonds is 6. The van der Waals surface area contributed by atoms with Gasteiger partial charge in [0, 0.05) is 12.6 Å². The highest BCUT2D eigenvalue weighted by atomic mass is 16.5. The maximum atomic E-state index is 12.0. The number of aryl methyl sites for hydroxylation is 1. The fourth-order valence-corrected chi connectivity index (χ4v) is 2.68. The van der Waals surface area contributed by atoms with Gasteiger partial charge in [0.15, 0.2) is 0 Å². The molecule has 2 heterocycles. The topological polar surface area (TPSA) is 50.7 Å². The molecule has 4 heteroatoms. The van der Waals surface area contributed by atoms with Crippen LogP contribution < -0.4 is 5.32 Å². The van der Waals surface area contributed by atoms with Gasteiger partial charge in [-0.2, -0.15) is 0 Å². The molecule has 2 aliphatic heterocycles. The predicted octanol–water partition coefficient (Wildman–Crippen LogP) is 2.97. The smallest absolute Gasteiger partial charge is 0.224 e. The van der Waals surface area contributed by atoms with Crippen molar-refractivity contribution in [2.45, 2.75) is 25.7 Å². The predicted molar refractivity (Wildman–Crippen MR) is 86.2 cm³/mol. The lowest BCUT2D eigenvalue weighted by molar-refractivity contribution is -0.120. The number of amides is 1. The quantitative estimate of drug-likeness (QED) is 0.821. The summed E-state index contributed by atoms with van der Waals surface area (Å²) in [6.07, 6.45) is 8.76. The second kappa shape index (κ2) is 7.07. The van der Waals surface area contributed by atoms with Gasteiger partial charge in [0.05, 0.1) is 24.4 Å². The zero-order valence-electron chi connectivity index (χ0n) is 12.5. The fraction of sp³-hybridized carbons (Fsp3) is 0.333. The lowest BCUT2D eigenvalue weighted by atomic mass is 10.0. The van der Waals surface area contributed by atoms with Crippen molar-refractivity contribution in [3.05, 3.63) is 59.7 Å². The summed E-state index contributed by atoms with van der Waals surface area (Å²) in [5.74, 6) is 1.02. The van der Waals surface area contributed by atoms with Gasteiger partial charge in [0.1, 0.15) is 5.76 Å². The number of aliphatic imine (C=N–C) groups is 1. The van der Waals surface area contributed by atoms with Crippen molar-refractivity contribution in [2.75, 3.05) is 6.54 Å². The highest BCUT2D eigenvalue weighted by Gasteiger charge is 2.24. The van der Waals surface area contributed by atoms with Gasteiger partial charge in [-0.15, -0.1) is 0 Å². The number of nitrogens with one attached hydrogen (secondary N) is 1. The molecule has 0 bridgehead atoms. The molecule has 1 aromatic rings. The minimum Gasteiger partial charge on any atom is -0.467 e. The average Bonchev–Trinajstić information content (AvgIpc) is 3.02. The molecular weight excluding hydrogens is 276 g/mol. The van der Waals surface area contributed by atoms with Crippen LogP contribution in [0.15, 0.2) is 59.1 Å². The van der Waals surface area contributed by atoms with Gasteiger partial charge in [-0.1, -0.05) is 30.3 Å². The molecule has 0 aliphatic carbocycles. The molecule has 1 unspecified atom stereocenters. The summed E-state index contributed by atoms with van der Waals surface area (Å²) in [6, 6.07) is 10.4. The van der Waals surface area contributed by atoms with Gasteiger partial charge in [0.2, 0.25) is 5.91 Å². The molecule has 2 aliphatic rings. The van der Waals surface area contributed by atoms with Crippen molar-refractivity contribution in [3.63, 3.8) is 0 Å². The van der Waals surface area contributed by atoms with Crippen molar-refractivity contribution in [2.24, 2.45) is 10.9 Å². The highest BCUT2D eigenvalue weighted by molar-refractivity contribution is 5.89. The summed E-state index contributed by atoms with van der Waals surface area (Å²) in [5, 5.41) is 2.92. The summed E-state index contributed by atoms with van der Waals surface area (Å²) in [6.45, 7) is 0.697. The van der Waals surface area contributed by atoms with E-state index in [1.54, 1.807) is 12.5 Å². The van der Waals surface area contributed by atoms with Crippen LogP contribution in [0.25, 0.3) is 0 Å². The average molecular weight is 296 g/mol. The van der Waals surface area contributed by atoms with Crippen molar-refractivity contribution in [3.8, 4) is 0 Å². The van der Waals surface area contributed by atoms with E-state index >= 15 is 0 Å². The number of dihydropyridines is 1. The van der Waals surface area contributed by atoms with Crippen LogP contribution in [-0.4, -0.2) is 18.7 Å². The minimum absolute atomic E-state index is 0.0261. The summed E-state index contributed by atoms with van der Waals surface area (Å²) < 4.78 is 5.45. The van der Waals surface area contributed by atoms with Gasteiger partial charge in [0.25, 0.3) is 0 Å². The monoisotopic (exact) mass is 296 g/mol. The van der Waals surface area contributed by atoms with E-state index in [2.05, 4.69) is 22.4 Å². The van der Waals surface area contributed by atoms with Crippen molar-refractivity contribution < 1.29 is 9.53 Å². The SMILES string of the molecule is O=C(CCCCc1ccccc1)NC1=C2OC=CC2CN=C1. The number of hydrogen-bond donors (Lipinski definition) is 1. The van der Waals surface area contributed by atoms with Gasteiger partial charge >= 0.3 is 0 Å². The fourth-order valence-electron chi connectivity index (χ4n) is 2.68. The third-order valence-corrected chi connectivity index (χ3v) is 3.87. The highest BCUT2D eigenvalue weighted by Crippen LogP contribution is 2.26. The Balaban J connectivity index is 1.42. The van der Waals surface area contributed by atoms with E-state index in [4.69, 9.17) is 4.74 Å². The zero-order valence-corrected chi connectivity index (χ0v) is 12.5. The number of unbranched alkanes of at least 4 members (excludes halogenated alkanes) is 1. The molecule has 1 aromatic carbocycles. The number of carbonyl (C=O) groups is 1. The summed E-state index contributed by atoms with van der Waals surface area (Å²) >= 11 is 0. The largest absolute Gasteiger partial charge is 0.467 e. The first kappa shape index (κ1) is 14.6. The van der Waals surface area contributed by atoms with Gasteiger partial charge in [-0.05, 0) is 30.9 Å². The van der Waals surface area contributed by atoms with Crippen LogP contribution in [0.2, 0.25) is 0 Å². The van der Waals surface area contributed by atoms with Crippen LogP contribution in [0.4, 0.5) is 0 Å². The Morgan fingerprint density at radius 2 is 2.14 bits per heavy atom. The Hall–Kier alpha value is -2.36. The number of benzene rings is 1. The van der Waals surface area contributed by atoms with Gasteiger partial charge < -0.3 is 10.1 Å². The van der Waals surface area contributed by atoms with Crippen molar-refractivity contribution in [1.82, 2.24) is 5.32 Å². The van der Waals surface area contributed by atoms with Crippen LogP contribution in [0.5, 0.6) is 0 Å². The Labute approximate surface area is 130 Å². The van der Waals surface area contributed by atoms with Crippen LogP contribution in [0.3, 0.4) is 0 Å². The Bertz CT molecular complexity index is 617. The number of ether oxygens (including phenoxy) is 1. The van der Waals surface area contributed by atoms with E-state index in [0.29, 0.717) is 18.7 Å². The lowest BCUT2D eigenvalue weighted by Gasteiger charge is -2.16. The van der Waals surface area contributed by atoms with Crippen LogP contribution in [0, 0.1) is 5.92 Å². The molecule has 4 nitrogen and oxygen atoms in total. The van der Waals surface area contributed by atoms with Gasteiger partial charge in [-0.3, -0.25) is 9.79 Å². The number of hydrogen-bond acceptors (Lipinski definition) is 3. The van der Waals surface area contributed by atoms with E-state index in [0.717, 1.165) is 25.0 Å². The Morgan fingerprint density at radius 3 is 3.00 bits per heavy atom. The molecular formula is C18H20N2O2.